The van der Waals surface area contributed by atoms with Crippen molar-refractivity contribution in [2.75, 3.05) is 11.1 Å². The summed E-state index contributed by atoms with van der Waals surface area (Å²) in [5.74, 6) is 5.97. The fourth-order valence-electron chi connectivity index (χ4n) is 4.71. The molecule has 36 heavy (non-hydrogen) atoms. The molecule has 6 rings (SSSR count). The number of hydrogen-bond acceptors (Lipinski definition) is 8. The molecule has 10 nitrogen and oxygen atoms in total. The van der Waals surface area contributed by atoms with Crippen LogP contribution in [-0.4, -0.2) is 45.1 Å². The monoisotopic (exact) mass is 490 g/mol. The third-order valence-electron chi connectivity index (χ3n) is 6.95. The lowest BCUT2D eigenvalue weighted by Gasteiger charge is -2.16. The van der Waals surface area contributed by atoms with Crippen LogP contribution in [0.3, 0.4) is 0 Å². The van der Waals surface area contributed by atoms with Gasteiger partial charge < -0.3 is 20.2 Å². The minimum atomic E-state index is 0.340. The summed E-state index contributed by atoms with van der Waals surface area (Å²) in [6.45, 7) is 10.3. The Morgan fingerprint density at radius 3 is 2.31 bits per heavy atom. The minimum absolute atomic E-state index is 0.340. The van der Waals surface area contributed by atoms with Crippen LogP contribution < -0.4 is 11.1 Å². The van der Waals surface area contributed by atoms with Gasteiger partial charge in [-0.25, -0.2) is 29.9 Å². The highest BCUT2D eigenvalue weighted by Gasteiger charge is 2.30. The van der Waals surface area contributed by atoms with Crippen LogP contribution in [0.4, 0.5) is 11.6 Å². The highest BCUT2D eigenvalue weighted by molar-refractivity contribution is 5.68. The van der Waals surface area contributed by atoms with E-state index in [1.807, 2.05) is 10.9 Å². The van der Waals surface area contributed by atoms with Crippen LogP contribution in [0.25, 0.3) is 23.0 Å². The first-order valence-electron chi connectivity index (χ1n) is 13.5. The largest absolute Gasteiger partial charge is 0.382 e. The number of hydrogen-bond donors (Lipinski definition) is 2. The Morgan fingerprint density at radius 1 is 0.917 bits per heavy atom. The third kappa shape index (κ3) is 4.99. The van der Waals surface area contributed by atoms with Crippen molar-refractivity contribution in [1.29, 1.82) is 0 Å². The van der Waals surface area contributed by atoms with E-state index in [1.54, 1.807) is 6.33 Å². The zero-order valence-electron chi connectivity index (χ0n) is 21.9. The Bertz CT molecular complexity index is 1230. The van der Waals surface area contributed by atoms with E-state index in [1.165, 1.54) is 38.5 Å². The molecule has 2 saturated carbocycles. The topological polar surface area (TPSA) is 125 Å². The van der Waals surface area contributed by atoms with Gasteiger partial charge in [-0.1, -0.05) is 33.6 Å². The van der Waals surface area contributed by atoms with Gasteiger partial charge in [-0.05, 0) is 39.0 Å². The molecule has 0 radical (unpaired) electrons. The zero-order chi connectivity index (χ0) is 25.2. The van der Waals surface area contributed by atoms with Crippen molar-refractivity contribution < 1.29 is 0 Å². The number of nitrogens with one attached hydrogen (secondary N) is 1. The van der Waals surface area contributed by atoms with E-state index in [-0.39, 0.29) is 0 Å². The van der Waals surface area contributed by atoms with Gasteiger partial charge >= 0.3 is 0 Å². The minimum Gasteiger partial charge on any atom is -0.382 e. The Kier molecular flexibility index (Phi) is 7.02. The van der Waals surface area contributed by atoms with E-state index in [2.05, 4.69) is 57.5 Å². The number of fused-ring (bicyclic) bond motifs is 2. The summed E-state index contributed by atoms with van der Waals surface area (Å²) in [5.41, 5.74) is 7.51. The average Bonchev–Trinajstić information content (AvgIpc) is 3.26. The molecule has 0 unspecified atom stereocenters. The number of rotatable bonds is 7. The molecule has 2 aliphatic carbocycles. The highest BCUT2D eigenvalue weighted by atomic mass is 15.2. The fourth-order valence-corrected chi connectivity index (χ4v) is 4.71. The SMILES string of the molecule is CCCn1cnc(N)c2nc(C3CC3)nc1-2.CCn1cnc(NC2CCCC2)c2nc(C(C)C)nc1-2. The maximum Gasteiger partial charge on any atom is 0.165 e. The lowest BCUT2D eigenvalue weighted by atomic mass is 10.2. The number of aryl methyl sites for hydroxylation is 2. The third-order valence-corrected chi connectivity index (χ3v) is 6.95. The van der Waals surface area contributed by atoms with Crippen LogP contribution in [0, 0.1) is 0 Å². The Balaban J connectivity index is 0.000000152. The Morgan fingerprint density at radius 2 is 1.64 bits per heavy atom. The van der Waals surface area contributed by atoms with E-state index >= 15 is 0 Å². The van der Waals surface area contributed by atoms with Gasteiger partial charge in [0.1, 0.15) is 11.6 Å². The Hall–Kier alpha value is -3.30. The van der Waals surface area contributed by atoms with E-state index < -0.39 is 0 Å². The van der Waals surface area contributed by atoms with Crippen molar-refractivity contribution in [3.05, 3.63) is 24.3 Å². The molecule has 0 spiro atoms. The van der Waals surface area contributed by atoms with Gasteiger partial charge in [0.05, 0.1) is 12.7 Å². The van der Waals surface area contributed by atoms with Crippen molar-refractivity contribution in [3.8, 4) is 23.0 Å². The van der Waals surface area contributed by atoms with Gasteiger partial charge in [-0.2, -0.15) is 0 Å². The quantitative estimate of drug-likeness (QED) is 0.374. The molecular weight excluding hydrogens is 452 g/mol. The molecule has 0 aromatic rings. The van der Waals surface area contributed by atoms with E-state index in [0.717, 1.165) is 60.0 Å². The predicted molar refractivity (Wildman–Crippen MR) is 141 cm³/mol. The molecule has 0 atom stereocenters. The summed E-state index contributed by atoms with van der Waals surface area (Å²) in [6.07, 6.45) is 12.2. The van der Waals surface area contributed by atoms with Crippen LogP contribution in [0.5, 0.6) is 0 Å². The summed E-state index contributed by atoms with van der Waals surface area (Å²) in [7, 11) is 0. The number of anilines is 2. The maximum atomic E-state index is 5.83. The first kappa shape index (κ1) is 24.4. The second-order valence-corrected chi connectivity index (χ2v) is 10.3. The van der Waals surface area contributed by atoms with Gasteiger partial charge in [-0.15, -0.1) is 0 Å². The van der Waals surface area contributed by atoms with Gasteiger partial charge in [0.15, 0.2) is 34.7 Å². The number of nitrogens with zero attached hydrogens (tertiary/aromatic N) is 8. The first-order chi connectivity index (χ1) is 17.5. The van der Waals surface area contributed by atoms with Crippen molar-refractivity contribution in [2.24, 2.45) is 0 Å². The van der Waals surface area contributed by atoms with Crippen LogP contribution in [-0.2, 0) is 13.1 Å². The maximum absolute atomic E-state index is 5.83. The number of imidazole rings is 2. The molecule has 6 aliphatic rings. The smallest absolute Gasteiger partial charge is 0.165 e. The highest BCUT2D eigenvalue weighted by Crippen LogP contribution is 2.40. The predicted octanol–water partition coefficient (Wildman–Crippen LogP) is 4.92. The molecule has 0 saturated heterocycles. The second-order valence-electron chi connectivity index (χ2n) is 10.3. The molecule has 4 heterocycles. The van der Waals surface area contributed by atoms with Gasteiger partial charge in [0.2, 0.25) is 0 Å². The standard InChI is InChI=1S/C15H23N5.C11H15N5/c1-4-20-9-16-14(17-11-7-5-6-8-11)12-15(20)19-13(18-12)10(2)3;1-2-5-16-6-13-9(12)8-11(16)15-10(14-8)7-3-4-7/h9-11,17H,4-8H2,1-3H3;6-7H,2-5,12H2,1H3. The van der Waals surface area contributed by atoms with Crippen LogP contribution >= 0.6 is 0 Å². The molecule has 10 heteroatoms. The number of nitrogen functional groups attached to an aromatic ring is 1. The summed E-state index contributed by atoms with van der Waals surface area (Å²) in [5, 5.41) is 3.56. The molecule has 3 N–H and O–H groups in total. The van der Waals surface area contributed by atoms with Crippen molar-refractivity contribution in [3.63, 3.8) is 0 Å². The fraction of sp³-hybridized carbons (Fsp3) is 0.615. The zero-order valence-corrected chi connectivity index (χ0v) is 21.9. The Labute approximate surface area is 212 Å². The molecule has 2 fully saturated rings. The molecule has 0 amide bonds. The summed E-state index contributed by atoms with van der Waals surface area (Å²) in [4.78, 5) is 27.2. The molecule has 4 aliphatic heterocycles. The second kappa shape index (κ2) is 10.4. The first-order valence-corrected chi connectivity index (χ1v) is 13.5. The molecule has 192 valence electrons. The molecule has 0 bridgehead atoms. The normalized spacial score (nSPS) is 16.1. The summed E-state index contributed by atoms with van der Waals surface area (Å²) in [6, 6.07) is 0.544. The number of nitrogens with two attached hydrogens (primary N) is 1. The van der Waals surface area contributed by atoms with Crippen LogP contribution in [0.1, 0.15) is 96.1 Å². The number of aromatic nitrogens is 8. The van der Waals surface area contributed by atoms with E-state index in [9.17, 15) is 0 Å². The summed E-state index contributed by atoms with van der Waals surface area (Å²) >= 11 is 0. The average molecular weight is 491 g/mol. The van der Waals surface area contributed by atoms with E-state index in [0.29, 0.717) is 23.7 Å². The van der Waals surface area contributed by atoms with Crippen molar-refractivity contribution in [2.45, 2.75) is 104 Å². The van der Waals surface area contributed by atoms with Crippen LogP contribution in [0.2, 0.25) is 0 Å². The van der Waals surface area contributed by atoms with Gasteiger partial charge in [0.25, 0.3) is 0 Å². The molecule has 0 aromatic carbocycles. The lowest BCUT2D eigenvalue weighted by Crippen LogP contribution is -2.18. The van der Waals surface area contributed by atoms with Crippen molar-refractivity contribution >= 4 is 11.6 Å². The molecule has 0 aromatic heterocycles. The lowest BCUT2D eigenvalue weighted by molar-refractivity contribution is 0.659. The van der Waals surface area contributed by atoms with E-state index in [4.69, 9.17) is 15.7 Å². The summed E-state index contributed by atoms with van der Waals surface area (Å²) < 4.78 is 4.10. The van der Waals surface area contributed by atoms with Gasteiger partial charge in [0, 0.05) is 31.0 Å². The van der Waals surface area contributed by atoms with Gasteiger partial charge in [-0.3, -0.25) is 0 Å². The van der Waals surface area contributed by atoms with Crippen molar-refractivity contribution in [1.82, 2.24) is 39.0 Å². The van der Waals surface area contributed by atoms with Crippen LogP contribution in [0.15, 0.2) is 12.7 Å². The molecular formula is C26H38N10.